The smallest absolute Gasteiger partial charge is 0.320 e. The molecular formula is C12H23NO5. The lowest BCUT2D eigenvalue weighted by Gasteiger charge is -2.20. The molecule has 1 fully saturated rings. The normalized spacial score (nSPS) is 20.4. The summed E-state index contributed by atoms with van der Waals surface area (Å²) in [6.45, 7) is 4.33. The number of carbonyl (C=O) groups is 1. The van der Waals surface area contributed by atoms with Gasteiger partial charge in [-0.1, -0.05) is 0 Å². The minimum atomic E-state index is -0.726. The quantitative estimate of drug-likeness (QED) is 0.567. The number of carboxylic acids is 1. The van der Waals surface area contributed by atoms with E-state index in [4.69, 9.17) is 19.3 Å². The molecule has 18 heavy (non-hydrogen) atoms. The van der Waals surface area contributed by atoms with Crippen molar-refractivity contribution in [1.29, 1.82) is 0 Å². The summed E-state index contributed by atoms with van der Waals surface area (Å²) in [4.78, 5) is 12.9. The highest BCUT2D eigenvalue weighted by atomic mass is 16.5. The van der Waals surface area contributed by atoms with Crippen LogP contribution in [0.25, 0.3) is 0 Å². The number of aliphatic carboxylic acids is 1. The van der Waals surface area contributed by atoms with Crippen molar-refractivity contribution in [3.8, 4) is 0 Å². The van der Waals surface area contributed by atoms with Gasteiger partial charge in [-0.25, -0.2) is 0 Å². The average Bonchev–Trinajstić information content (AvgIpc) is 2.81. The van der Waals surface area contributed by atoms with Gasteiger partial charge in [-0.05, 0) is 19.4 Å². The summed E-state index contributed by atoms with van der Waals surface area (Å²) in [6.07, 6.45) is 1.70. The summed E-state index contributed by atoms with van der Waals surface area (Å²) >= 11 is 0. The van der Waals surface area contributed by atoms with Crippen LogP contribution < -0.4 is 0 Å². The third-order valence-corrected chi connectivity index (χ3v) is 2.98. The fourth-order valence-corrected chi connectivity index (χ4v) is 2.02. The van der Waals surface area contributed by atoms with Crippen LogP contribution in [0.15, 0.2) is 0 Å². The van der Waals surface area contributed by atoms with Gasteiger partial charge >= 0.3 is 5.97 Å². The summed E-state index contributed by atoms with van der Waals surface area (Å²) in [5, 5.41) is 8.99. The van der Waals surface area contributed by atoms with E-state index in [9.17, 15) is 4.79 Å². The molecule has 1 N–H and O–H groups in total. The SMILES string of the molecule is COCCOCCOCCN1CCCC1C(=O)O. The number of nitrogens with zero attached hydrogens (tertiary/aromatic N) is 1. The van der Waals surface area contributed by atoms with E-state index >= 15 is 0 Å². The van der Waals surface area contributed by atoms with Crippen molar-refractivity contribution in [2.24, 2.45) is 0 Å². The van der Waals surface area contributed by atoms with Crippen LogP contribution in [0.3, 0.4) is 0 Å². The second-order valence-corrected chi connectivity index (χ2v) is 4.25. The number of carboxylic acid groups (broad SMARTS) is 1. The van der Waals surface area contributed by atoms with Crippen LogP contribution in [0.5, 0.6) is 0 Å². The molecule has 6 nitrogen and oxygen atoms in total. The molecule has 0 spiro atoms. The Balaban J connectivity index is 1.96. The van der Waals surface area contributed by atoms with Crippen molar-refractivity contribution in [1.82, 2.24) is 4.90 Å². The summed E-state index contributed by atoms with van der Waals surface area (Å²) in [5.74, 6) is -0.726. The van der Waals surface area contributed by atoms with E-state index in [1.165, 1.54) is 0 Å². The molecule has 1 aliphatic rings. The van der Waals surface area contributed by atoms with E-state index in [1.54, 1.807) is 7.11 Å². The van der Waals surface area contributed by atoms with E-state index in [2.05, 4.69) is 0 Å². The zero-order valence-corrected chi connectivity index (χ0v) is 11.0. The summed E-state index contributed by atoms with van der Waals surface area (Å²) < 4.78 is 15.5. The first-order chi connectivity index (χ1) is 8.75. The highest BCUT2D eigenvalue weighted by Crippen LogP contribution is 2.16. The molecule has 0 amide bonds. The summed E-state index contributed by atoms with van der Waals surface area (Å²) in [5.41, 5.74) is 0. The molecular weight excluding hydrogens is 238 g/mol. The molecule has 6 heteroatoms. The molecule has 1 heterocycles. The van der Waals surface area contributed by atoms with E-state index in [-0.39, 0.29) is 6.04 Å². The van der Waals surface area contributed by atoms with Crippen molar-refractivity contribution in [2.75, 3.05) is 53.2 Å². The Morgan fingerprint density at radius 2 is 1.89 bits per heavy atom. The van der Waals surface area contributed by atoms with Gasteiger partial charge in [0.25, 0.3) is 0 Å². The number of hydrogen-bond acceptors (Lipinski definition) is 5. The highest BCUT2D eigenvalue weighted by Gasteiger charge is 2.29. The second-order valence-electron chi connectivity index (χ2n) is 4.25. The van der Waals surface area contributed by atoms with E-state index in [0.717, 1.165) is 19.4 Å². The zero-order valence-electron chi connectivity index (χ0n) is 11.0. The van der Waals surface area contributed by atoms with Gasteiger partial charge < -0.3 is 19.3 Å². The Morgan fingerprint density at radius 3 is 2.56 bits per heavy atom. The van der Waals surface area contributed by atoms with Crippen molar-refractivity contribution in [2.45, 2.75) is 18.9 Å². The first-order valence-corrected chi connectivity index (χ1v) is 6.37. The third kappa shape index (κ3) is 5.77. The van der Waals surface area contributed by atoms with Crippen LogP contribution in [0.1, 0.15) is 12.8 Å². The molecule has 1 aliphatic heterocycles. The molecule has 0 aromatic carbocycles. The molecule has 0 saturated carbocycles. The van der Waals surface area contributed by atoms with Gasteiger partial charge in [-0.2, -0.15) is 0 Å². The standard InChI is InChI=1S/C12H23NO5/c1-16-7-8-18-10-9-17-6-5-13-4-2-3-11(13)12(14)15/h11H,2-10H2,1H3,(H,14,15). The van der Waals surface area contributed by atoms with Crippen LogP contribution in [0, 0.1) is 0 Å². The third-order valence-electron chi connectivity index (χ3n) is 2.98. The largest absolute Gasteiger partial charge is 0.480 e. The van der Waals surface area contributed by atoms with Crippen LogP contribution >= 0.6 is 0 Å². The Hall–Kier alpha value is -0.690. The molecule has 0 bridgehead atoms. The van der Waals surface area contributed by atoms with E-state index < -0.39 is 5.97 Å². The molecule has 0 radical (unpaired) electrons. The molecule has 106 valence electrons. The van der Waals surface area contributed by atoms with Crippen LogP contribution in [0.2, 0.25) is 0 Å². The van der Waals surface area contributed by atoms with Crippen molar-refractivity contribution < 1.29 is 24.1 Å². The Bertz CT molecular complexity index is 237. The molecule has 1 rings (SSSR count). The first kappa shape index (κ1) is 15.4. The molecule has 1 atom stereocenters. The van der Waals surface area contributed by atoms with Crippen LogP contribution in [-0.2, 0) is 19.0 Å². The molecule has 0 aromatic rings. The predicted octanol–water partition coefficient (Wildman–Crippen LogP) is 0.215. The molecule has 1 saturated heterocycles. The van der Waals surface area contributed by atoms with Gasteiger partial charge in [0.15, 0.2) is 0 Å². The van der Waals surface area contributed by atoms with Gasteiger partial charge in [-0.3, -0.25) is 9.69 Å². The van der Waals surface area contributed by atoms with Gasteiger partial charge in [0.2, 0.25) is 0 Å². The molecule has 1 unspecified atom stereocenters. The van der Waals surface area contributed by atoms with E-state index in [1.807, 2.05) is 4.90 Å². The van der Waals surface area contributed by atoms with Crippen molar-refractivity contribution in [3.63, 3.8) is 0 Å². The van der Waals surface area contributed by atoms with E-state index in [0.29, 0.717) is 39.6 Å². The minimum absolute atomic E-state index is 0.327. The van der Waals surface area contributed by atoms with Gasteiger partial charge in [0, 0.05) is 13.7 Å². The molecule has 0 aromatic heterocycles. The molecule has 0 aliphatic carbocycles. The lowest BCUT2D eigenvalue weighted by molar-refractivity contribution is -0.142. The predicted molar refractivity (Wildman–Crippen MR) is 65.7 cm³/mol. The van der Waals surface area contributed by atoms with Gasteiger partial charge in [0.1, 0.15) is 6.04 Å². The average molecular weight is 261 g/mol. The maximum Gasteiger partial charge on any atom is 0.320 e. The van der Waals surface area contributed by atoms with Crippen LogP contribution in [-0.4, -0.2) is 75.3 Å². The van der Waals surface area contributed by atoms with Crippen molar-refractivity contribution in [3.05, 3.63) is 0 Å². The number of rotatable bonds is 10. The number of likely N-dealkylation sites (tertiary alicyclic amines) is 1. The highest BCUT2D eigenvalue weighted by molar-refractivity contribution is 5.73. The Kier molecular flexibility index (Phi) is 7.91. The second kappa shape index (κ2) is 9.27. The maximum atomic E-state index is 10.9. The summed E-state index contributed by atoms with van der Waals surface area (Å²) in [7, 11) is 1.63. The first-order valence-electron chi connectivity index (χ1n) is 6.37. The topological polar surface area (TPSA) is 68.2 Å². The lowest BCUT2D eigenvalue weighted by atomic mass is 10.2. The van der Waals surface area contributed by atoms with Gasteiger partial charge in [-0.15, -0.1) is 0 Å². The minimum Gasteiger partial charge on any atom is -0.480 e. The lowest BCUT2D eigenvalue weighted by Crippen LogP contribution is -2.38. The monoisotopic (exact) mass is 261 g/mol. The Morgan fingerprint density at radius 1 is 1.22 bits per heavy atom. The fourth-order valence-electron chi connectivity index (χ4n) is 2.02. The number of hydrogen-bond donors (Lipinski definition) is 1. The number of ether oxygens (including phenoxy) is 3. The number of methoxy groups -OCH3 is 1. The Labute approximate surface area is 108 Å². The van der Waals surface area contributed by atoms with Crippen molar-refractivity contribution >= 4 is 5.97 Å². The van der Waals surface area contributed by atoms with Crippen LogP contribution in [0.4, 0.5) is 0 Å². The summed E-state index contributed by atoms with van der Waals surface area (Å²) in [6, 6.07) is -0.327. The van der Waals surface area contributed by atoms with Gasteiger partial charge in [0.05, 0.1) is 33.0 Å². The zero-order chi connectivity index (χ0) is 13.2. The fraction of sp³-hybridized carbons (Fsp3) is 0.917. The maximum absolute atomic E-state index is 10.9.